The summed E-state index contributed by atoms with van der Waals surface area (Å²) in [6.45, 7) is 4.28. The Labute approximate surface area is 149 Å². The van der Waals surface area contributed by atoms with Crippen LogP contribution >= 0.6 is 7.60 Å². The molecule has 6 heteroatoms. The predicted octanol–water partition coefficient (Wildman–Crippen LogP) is 5.09. The number of anilines is 1. The Morgan fingerprint density at radius 3 is 1.80 bits per heavy atom. The van der Waals surface area contributed by atoms with Gasteiger partial charge in [0.05, 0.1) is 20.3 Å². The predicted molar refractivity (Wildman–Crippen MR) is 102 cm³/mol. The van der Waals surface area contributed by atoms with Gasteiger partial charge in [-0.05, 0) is 49.2 Å². The molecule has 2 rings (SSSR count). The third-order valence-electron chi connectivity index (χ3n) is 3.88. The minimum Gasteiger partial charge on any atom is -0.497 e. The van der Waals surface area contributed by atoms with Gasteiger partial charge in [0.1, 0.15) is 11.4 Å². The van der Waals surface area contributed by atoms with E-state index in [1.165, 1.54) is 0 Å². The Morgan fingerprint density at radius 2 is 1.40 bits per heavy atom. The van der Waals surface area contributed by atoms with Crippen LogP contribution in [0.5, 0.6) is 5.75 Å². The van der Waals surface area contributed by atoms with Crippen molar-refractivity contribution in [3.8, 4) is 5.75 Å². The summed E-state index contributed by atoms with van der Waals surface area (Å²) in [6, 6.07) is 15.3. The Hall–Kier alpha value is -1.81. The molecule has 0 aliphatic rings. The molecule has 2 aromatic rings. The normalized spacial score (nSPS) is 12.6. The van der Waals surface area contributed by atoms with Gasteiger partial charge >= 0.3 is 7.60 Å². The van der Waals surface area contributed by atoms with Crippen LogP contribution in [0.15, 0.2) is 48.5 Å². The van der Waals surface area contributed by atoms with Gasteiger partial charge in [-0.3, -0.25) is 4.57 Å². The number of methoxy groups -OCH3 is 1. The monoisotopic (exact) mass is 363 g/mol. The van der Waals surface area contributed by atoms with Gasteiger partial charge < -0.3 is 19.1 Å². The van der Waals surface area contributed by atoms with E-state index in [0.29, 0.717) is 13.2 Å². The van der Waals surface area contributed by atoms with Gasteiger partial charge in [0, 0.05) is 12.7 Å². The third kappa shape index (κ3) is 4.63. The van der Waals surface area contributed by atoms with Gasteiger partial charge in [0.25, 0.3) is 0 Å². The van der Waals surface area contributed by atoms with Gasteiger partial charge in [0.15, 0.2) is 0 Å². The average molecular weight is 363 g/mol. The molecule has 0 amide bonds. The number of benzene rings is 2. The van der Waals surface area contributed by atoms with E-state index in [1.807, 2.05) is 69.4 Å². The lowest BCUT2D eigenvalue weighted by Gasteiger charge is -2.27. The molecule has 0 bridgehead atoms. The van der Waals surface area contributed by atoms with E-state index >= 15 is 0 Å². The van der Waals surface area contributed by atoms with Crippen molar-refractivity contribution in [3.63, 3.8) is 0 Å². The highest BCUT2D eigenvalue weighted by molar-refractivity contribution is 7.54. The van der Waals surface area contributed by atoms with Crippen molar-refractivity contribution in [1.29, 1.82) is 0 Å². The molecule has 1 atom stereocenters. The molecule has 0 aromatic heterocycles. The zero-order valence-corrected chi connectivity index (χ0v) is 16.1. The highest BCUT2D eigenvalue weighted by Gasteiger charge is 2.38. The molecule has 5 nitrogen and oxygen atoms in total. The number of rotatable bonds is 9. The number of nitrogens with one attached hydrogen (secondary N) is 1. The molecule has 1 unspecified atom stereocenters. The summed E-state index contributed by atoms with van der Waals surface area (Å²) in [5.74, 6) is 0.746. The summed E-state index contributed by atoms with van der Waals surface area (Å²) < 4.78 is 30.0. The number of ether oxygens (including phenoxy) is 1. The summed E-state index contributed by atoms with van der Waals surface area (Å²) in [4.78, 5) is 0. The van der Waals surface area contributed by atoms with Crippen LogP contribution in [0.3, 0.4) is 0 Å². The van der Waals surface area contributed by atoms with Crippen molar-refractivity contribution in [2.75, 3.05) is 32.7 Å². The first-order chi connectivity index (χ1) is 12.1. The molecule has 0 radical (unpaired) electrons. The van der Waals surface area contributed by atoms with E-state index in [4.69, 9.17) is 13.8 Å². The topological polar surface area (TPSA) is 56.8 Å². The van der Waals surface area contributed by atoms with Crippen LogP contribution in [-0.4, -0.2) is 27.4 Å². The van der Waals surface area contributed by atoms with E-state index in [2.05, 4.69) is 5.32 Å². The maximum Gasteiger partial charge on any atom is 0.342 e. The van der Waals surface area contributed by atoms with Crippen molar-refractivity contribution in [1.82, 2.24) is 0 Å². The third-order valence-corrected chi connectivity index (χ3v) is 6.35. The molecule has 2 aromatic carbocycles. The van der Waals surface area contributed by atoms with Gasteiger partial charge in [-0.1, -0.05) is 24.3 Å². The van der Waals surface area contributed by atoms with Crippen molar-refractivity contribution < 1.29 is 18.3 Å². The van der Waals surface area contributed by atoms with Crippen LogP contribution in [0.2, 0.25) is 0 Å². The SMILES string of the molecule is CCOP(=O)(OCC)C(c1ccc(NC)cc1)c1ccc(OC)cc1. The zero-order chi connectivity index (χ0) is 18.3. The second-order valence-electron chi connectivity index (χ2n) is 5.42. The smallest absolute Gasteiger partial charge is 0.342 e. The van der Waals surface area contributed by atoms with E-state index in [-0.39, 0.29) is 0 Å². The standard InChI is InChI=1S/C19H26NO4P/c1-5-23-25(21,24-6-2)19(15-7-11-17(20-3)12-8-15)16-9-13-18(22-4)14-10-16/h7-14,19-20H,5-6H2,1-4H3. The lowest BCUT2D eigenvalue weighted by molar-refractivity contribution is 0.215. The number of hydrogen-bond donors (Lipinski definition) is 1. The Kier molecular flexibility index (Phi) is 7.06. The summed E-state index contributed by atoms with van der Waals surface area (Å²) in [5.41, 5.74) is 2.24. The van der Waals surface area contributed by atoms with E-state index in [1.54, 1.807) is 7.11 Å². The molecule has 1 N–H and O–H groups in total. The molecule has 0 aliphatic carbocycles. The lowest BCUT2D eigenvalue weighted by Crippen LogP contribution is -2.08. The Bertz CT molecular complexity index is 643. The van der Waals surface area contributed by atoms with Crippen LogP contribution in [0.25, 0.3) is 0 Å². The second kappa shape index (κ2) is 9.04. The van der Waals surface area contributed by atoms with Crippen molar-refractivity contribution in [2.45, 2.75) is 19.5 Å². The van der Waals surface area contributed by atoms with Crippen LogP contribution in [0.1, 0.15) is 30.6 Å². The molecule has 0 aliphatic heterocycles. The summed E-state index contributed by atoms with van der Waals surface area (Å²) >= 11 is 0. The molecular formula is C19H26NO4P. The maximum atomic E-state index is 13.5. The van der Waals surface area contributed by atoms with Crippen LogP contribution in [0, 0.1) is 0 Å². The first-order valence-corrected chi connectivity index (χ1v) is 9.99. The molecule has 0 saturated heterocycles. The van der Waals surface area contributed by atoms with E-state index < -0.39 is 13.3 Å². The number of hydrogen-bond acceptors (Lipinski definition) is 5. The van der Waals surface area contributed by atoms with Crippen molar-refractivity contribution >= 4 is 13.3 Å². The molecule has 0 saturated carbocycles. The first kappa shape index (κ1) is 19.5. The molecule has 0 fully saturated rings. The zero-order valence-electron chi connectivity index (χ0n) is 15.2. The summed E-state index contributed by atoms with van der Waals surface area (Å²) in [7, 11) is 0.1000. The minimum absolute atomic E-state index is 0.318. The van der Waals surface area contributed by atoms with Crippen molar-refractivity contribution in [2.24, 2.45) is 0 Å². The molecular weight excluding hydrogens is 337 g/mol. The Morgan fingerprint density at radius 1 is 0.920 bits per heavy atom. The average Bonchev–Trinajstić information content (AvgIpc) is 2.63. The first-order valence-electron chi connectivity index (χ1n) is 8.38. The van der Waals surface area contributed by atoms with Crippen LogP contribution in [0.4, 0.5) is 5.69 Å². The van der Waals surface area contributed by atoms with Crippen molar-refractivity contribution in [3.05, 3.63) is 59.7 Å². The van der Waals surface area contributed by atoms with E-state index in [9.17, 15) is 4.57 Å². The minimum atomic E-state index is -3.38. The molecule has 0 heterocycles. The van der Waals surface area contributed by atoms with Gasteiger partial charge in [-0.2, -0.15) is 0 Å². The fraction of sp³-hybridized carbons (Fsp3) is 0.368. The molecule has 25 heavy (non-hydrogen) atoms. The summed E-state index contributed by atoms with van der Waals surface area (Å²) in [5, 5.41) is 3.09. The van der Waals surface area contributed by atoms with Crippen LogP contribution in [-0.2, 0) is 13.6 Å². The fourth-order valence-corrected chi connectivity index (χ4v) is 4.89. The largest absolute Gasteiger partial charge is 0.497 e. The van der Waals surface area contributed by atoms with Gasteiger partial charge in [-0.25, -0.2) is 0 Å². The highest BCUT2D eigenvalue weighted by Crippen LogP contribution is 2.63. The summed E-state index contributed by atoms with van der Waals surface area (Å²) in [6.07, 6.45) is 0. The fourth-order valence-electron chi connectivity index (χ4n) is 2.72. The van der Waals surface area contributed by atoms with E-state index in [0.717, 1.165) is 22.6 Å². The maximum absolute atomic E-state index is 13.5. The van der Waals surface area contributed by atoms with Crippen LogP contribution < -0.4 is 10.1 Å². The lowest BCUT2D eigenvalue weighted by atomic mass is 10.0. The Balaban J connectivity index is 2.53. The second-order valence-corrected chi connectivity index (χ2v) is 7.54. The molecule has 136 valence electrons. The van der Waals surface area contributed by atoms with Gasteiger partial charge in [-0.15, -0.1) is 0 Å². The van der Waals surface area contributed by atoms with Gasteiger partial charge in [0.2, 0.25) is 0 Å². The quantitative estimate of drug-likeness (QED) is 0.629. The molecule has 0 spiro atoms. The highest BCUT2D eigenvalue weighted by atomic mass is 31.2.